The summed E-state index contributed by atoms with van der Waals surface area (Å²) in [6, 6.07) is 4.31. The van der Waals surface area contributed by atoms with Gasteiger partial charge in [0.2, 0.25) is 0 Å². The third kappa shape index (κ3) is 1.18. The molecule has 1 nitrogen and oxygen atoms in total. The van der Waals surface area contributed by atoms with Crippen molar-refractivity contribution in [2.45, 2.75) is 0 Å². The Kier molecular flexibility index (Phi) is 1.77. The fourth-order valence-corrected chi connectivity index (χ4v) is 1.34. The van der Waals surface area contributed by atoms with Gasteiger partial charge < -0.3 is 4.74 Å². The van der Waals surface area contributed by atoms with Gasteiger partial charge in [-0.3, -0.25) is 0 Å². The summed E-state index contributed by atoms with van der Waals surface area (Å²) in [5.74, 6) is 0.342. The van der Waals surface area contributed by atoms with Crippen LogP contribution in [-0.4, -0.2) is 6.61 Å². The van der Waals surface area contributed by atoms with Crippen LogP contribution >= 0.6 is 11.6 Å². The second kappa shape index (κ2) is 2.79. The van der Waals surface area contributed by atoms with E-state index >= 15 is 0 Å². The molecule has 1 heterocycles. The minimum Gasteiger partial charge on any atom is -0.489 e. The summed E-state index contributed by atoms with van der Waals surface area (Å²) < 4.78 is 17.9. The molecule has 1 aromatic carbocycles. The van der Waals surface area contributed by atoms with Gasteiger partial charge in [0.25, 0.3) is 0 Å². The molecule has 62 valence electrons. The third-order valence-electron chi connectivity index (χ3n) is 1.70. The molecule has 0 spiro atoms. The van der Waals surface area contributed by atoms with Gasteiger partial charge in [0, 0.05) is 5.56 Å². The Morgan fingerprint density at radius 3 is 3.08 bits per heavy atom. The number of halogens is 2. The number of benzene rings is 1. The van der Waals surface area contributed by atoms with Crippen LogP contribution in [0.15, 0.2) is 24.3 Å². The Bertz CT molecular complexity index is 346. The van der Waals surface area contributed by atoms with Gasteiger partial charge in [-0.2, -0.15) is 0 Å². The first-order chi connectivity index (χ1) is 5.77. The van der Waals surface area contributed by atoms with E-state index in [1.807, 2.05) is 0 Å². The summed E-state index contributed by atoms with van der Waals surface area (Å²) in [4.78, 5) is 0. The van der Waals surface area contributed by atoms with Crippen molar-refractivity contribution < 1.29 is 9.13 Å². The van der Waals surface area contributed by atoms with Crippen molar-refractivity contribution in [3.05, 3.63) is 35.7 Å². The molecule has 0 unspecified atom stereocenters. The molecule has 0 saturated heterocycles. The van der Waals surface area contributed by atoms with Crippen LogP contribution in [0.1, 0.15) is 5.56 Å². The molecule has 3 heteroatoms. The number of ether oxygens (including phenoxy) is 1. The monoisotopic (exact) mass is 184 g/mol. The van der Waals surface area contributed by atoms with E-state index in [-0.39, 0.29) is 5.82 Å². The average molecular weight is 185 g/mol. The Labute approximate surface area is 74.4 Å². The van der Waals surface area contributed by atoms with Crippen molar-refractivity contribution in [1.82, 2.24) is 0 Å². The van der Waals surface area contributed by atoms with Crippen molar-refractivity contribution in [2.24, 2.45) is 0 Å². The molecule has 0 fully saturated rings. The Morgan fingerprint density at radius 1 is 1.42 bits per heavy atom. The number of hydrogen-bond donors (Lipinski definition) is 0. The Hall–Kier alpha value is -1.02. The SMILES string of the molecule is Fc1ccc2c(c1)C(Cl)=CCO2. The largest absolute Gasteiger partial charge is 0.489 e. The van der Waals surface area contributed by atoms with E-state index in [9.17, 15) is 4.39 Å². The molecular weight excluding hydrogens is 179 g/mol. The predicted molar refractivity (Wildman–Crippen MR) is 45.7 cm³/mol. The highest BCUT2D eigenvalue weighted by atomic mass is 35.5. The summed E-state index contributed by atoms with van der Waals surface area (Å²) in [5.41, 5.74) is 0.628. The Balaban J connectivity index is 2.58. The summed E-state index contributed by atoms with van der Waals surface area (Å²) in [7, 11) is 0. The van der Waals surface area contributed by atoms with Gasteiger partial charge in [-0.1, -0.05) is 11.6 Å². The van der Waals surface area contributed by atoms with Gasteiger partial charge in [-0.15, -0.1) is 0 Å². The summed E-state index contributed by atoms with van der Waals surface area (Å²) >= 11 is 5.83. The first-order valence-electron chi connectivity index (χ1n) is 3.56. The summed E-state index contributed by atoms with van der Waals surface area (Å²) in [6.45, 7) is 0.456. The second-order valence-corrected chi connectivity index (χ2v) is 2.91. The van der Waals surface area contributed by atoms with Crippen LogP contribution in [0.3, 0.4) is 0 Å². The lowest BCUT2D eigenvalue weighted by molar-refractivity contribution is 0.357. The zero-order valence-corrected chi connectivity index (χ0v) is 6.94. The van der Waals surface area contributed by atoms with Crippen LogP contribution in [0.2, 0.25) is 0 Å². The first kappa shape index (κ1) is 7.62. The lowest BCUT2D eigenvalue weighted by atomic mass is 10.1. The van der Waals surface area contributed by atoms with Gasteiger partial charge in [-0.25, -0.2) is 4.39 Å². The van der Waals surface area contributed by atoms with Crippen molar-refractivity contribution >= 4 is 16.6 Å². The van der Waals surface area contributed by atoms with Gasteiger partial charge in [0.1, 0.15) is 18.2 Å². The van der Waals surface area contributed by atoms with E-state index < -0.39 is 0 Å². The van der Waals surface area contributed by atoms with E-state index in [0.29, 0.717) is 23.0 Å². The maximum absolute atomic E-state index is 12.7. The highest BCUT2D eigenvalue weighted by Gasteiger charge is 2.12. The molecule has 1 aromatic rings. The minimum atomic E-state index is -0.300. The summed E-state index contributed by atoms with van der Waals surface area (Å²) in [6.07, 6.45) is 1.71. The molecule has 0 aliphatic carbocycles. The molecule has 12 heavy (non-hydrogen) atoms. The molecular formula is C9H6ClFO. The van der Waals surface area contributed by atoms with Crippen molar-refractivity contribution in [3.8, 4) is 5.75 Å². The van der Waals surface area contributed by atoms with Gasteiger partial charge >= 0.3 is 0 Å². The highest BCUT2D eigenvalue weighted by molar-refractivity contribution is 6.49. The topological polar surface area (TPSA) is 9.23 Å². The van der Waals surface area contributed by atoms with Gasteiger partial charge in [0.05, 0.1) is 5.03 Å². The number of rotatable bonds is 0. The van der Waals surface area contributed by atoms with Gasteiger partial charge in [0.15, 0.2) is 0 Å². The van der Waals surface area contributed by atoms with Gasteiger partial charge in [-0.05, 0) is 24.3 Å². The van der Waals surface area contributed by atoms with Crippen molar-refractivity contribution in [2.75, 3.05) is 6.61 Å². The van der Waals surface area contributed by atoms with E-state index in [1.165, 1.54) is 12.1 Å². The van der Waals surface area contributed by atoms with E-state index in [0.717, 1.165) is 0 Å². The lowest BCUT2D eigenvalue weighted by Gasteiger charge is -2.14. The number of hydrogen-bond acceptors (Lipinski definition) is 1. The first-order valence-corrected chi connectivity index (χ1v) is 3.93. The molecule has 1 aliphatic rings. The highest BCUT2D eigenvalue weighted by Crippen LogP contribution is 2.32. The van der Waals surface area contributed by atoms with Crippen molar-refractivity contribution in [3.63, 3.8) is 0 Å². The molecule has 0 amide bonds. The standard InChI is InChI=1S/C9H6ClFO/c10-8-3-4-12-9-2-1-6(11)5-7(8)9/h1-3,5H,4H2. The molecule has 0 bridgehead atoms. The molecule has 2 rings (SSSR count). The fraction of sp³-hybridized carbons (Fsp3) is 0.111. The Morgan fingerprint density at radius 2 is 2.25 bits per heavy atom. The molecule has 0 saturated carbocycles. The molecule has 0 N–H and O–H groups in total. The van der Waals surface area contributed by atoms with E-state index in [1.54, 1.807) is 12.1 Å². The zero-order valence-electron chi connectivity index (χ0n) is 6.18. The second-order valence-electron chi connectivity index (χ2n) is 2.50. The molecule has 0 radical (unpaired) electrons. The molecule has 0 atom stereocenters. The fourth-order valence-electron chi connectivity index (χ4n) is 1.13. The van der Waals surface area contributed by atoms with E-state index in [2.05, 4.69) is 0 Å². The van der Waals surface area contributed by atoms with E-state index in [4.69, 9.17) is 16.3 Å². The van der Waals surface area contributed by atoms with Crippen molar-refractivity contribution in [1.29, 1.82) is 0 Å². The van der Waals surface area contributed by atoms with Crippen LogP contribution in [0.5, 0.6) is 5.75 Å². The lowest BCUT2D eigenvalue weighted by Crippen LogP contribution is -2.02. The van der Waals surface area contributed by atoms with Crippen LogP contribution in [0.25, 0.3) is 5.03 Å². The quantitative estimate of drug-likeness (QED) is 0.603. The smallest absolute Gasteiger partial charge is 0.128 e. The molecule has 1 aliphatic heterocycles. The van der Waals surface area contributed by atoms with Crippen LogP contribution in [0, 0.1) is 5.82 Å². The van der Waals surface area contributed by atoms with Crippen LogP contribution < -0.4 is 4.74 Å². The maximum Gasteiger partial charge on any atom is 0.128 e. The normalized spacial score (nSPS) is 14.7. The predicted octanol–water partition coefficient (Wildman–Crippen LogP) is 2.80. The average Bonchev–Trinajstić information content (AvgIpc) is 2.07. The minimum absolute atomic E-state index is 0.300. The van der Waals surface area contributed by atoms with Crippen LogP contribution in [0.4, 0.5) is 4.39 Å². The maximum atomic E-state index is 12.7. The summed E-state index contributed by atoms with van der Waals surface area (Å²) in [5, 5.41) is 0.552. The third-order valence-corrected chi connectivity index (χ3v) is 2.06. The molecule has 0 aromatic heterocycles. The number of fused-ring (bicyclic) bond motifs is 1. The zero-order chi connectivity index (χ0) is 8.55. The van der Waals surface area contributed by atoms with Crippen LogP contribution in [-0.2, 0) is 0 Å².